The topological polar surface area (TPSA) is 121 Å². The number of para-hydroxylation sites is 1. The maximum atomic E-state index is 12.4. The van der Waals surface area contributed by atoms with Crippen LogP contribution < -0.4 is 15.8 Å². The first-order valence-electron chi connectivity index (χ1n) is 7.20. The Morgan fingerprint density at radius 3 is 2.72 bits per heavy atom. The van der Waals surface area contributed by atoms with E-state index in [9.17, 15) is 4.79 Å². The van der Waals surface area contributed by atoms with Gasteiger partial charge in [0.25, 0.3) is 5.91 Å². The number of amides is 1. The van der Waals surface area contributed by atoms with Crippen molar-refractivity contribution in [1.29, 1.82) is 0 Å². The van der Waals surface area contributed by atoms with Crippen LogP contribution in [0.4, 0.5) is 5.82 Å². The number of anilines is 1. The second-order valence-electron chi connectivity index (χ2n) is 4.88. The van der Waals surface area contributed by atoms with Crippen LogP contribution in [0.1, 0.15) is 16.1 Å². The van der Waals surface area contributed by atoms with Crippen LogP contribution in [0.15, 0.2) is 36.7 Å². The lowest BCUT2D eigenvalue weighted by molar-refractivity contribution is 0.0946. The van der Waals surface area contributed by atoms with E-state index in [1.165, 1.54) is 17.2 Å². The molecule has 0 atom stereocenters. The highest BCUT2D eigenvalue weighted by atomic mass is 35.5. The molecule has 0 saturated heterocycles. The number of nitrogens with zero attached hydrogens (tertiary/aromatic N) is 5. The number of methoxy groups -OCH3 is 1. The van der Waals surface area contributed by atoms with Gasteiger partial charge in [-0.15, -0.1) is 4.80 Å². The molecule has 0 bridgehead atoms. The lowest BCUT2D eigenvalue weighted by Crippen LogP contribution is -2.26. The predicted octanol–water partition coefficient (Wildman–Crippen LogP) is 1.23. The molecule has 0 unspecified atom stereocenters. The highest BCUT2D eigenvalue weighted by Crippen LogP contribution is 2.19. The summed E-state index contributed by atoms with van der Waals surface area (Å²) in [5, 5.41) is 10.5. The van der Waals surface area contributed by atoms with Crippen LogP contribution in [-0.4, -0.2) is 38.0 Å². The van der Waals surface area contributed by atoms with Crippen LogP contribution in [-0.2, 0) is 6.54 Å². The zero-order chi connectivity index (χ0) is 17.8. The number of carbonyl (C=O) groups excluding carboxylic acids is 1. The summed E-state index contributed by atoms with van der Waals surface area (Å²) < 4.78 is 5.24. The molecule has 10 heteroatoms. The number of nitrogens with two attached hydrogens (primary N) is 1. The summed E-state index contributed by atoms with van der Waals surface area (Å²) in [6.07, 6.45) is 2.92. The Kier molecular flexibility index (Phi) is 4.75. The molecule has 2 aromatic heterocycles. The van der Waals surface area contributed by atoms with Crippen molar-refractivity contribution in [2.24, 2.45) is 0 Å². The molecule has 0 fully saturated rings. The summed E-state index contributed by atoms with van der Waals surface area (Å²) in [6.45, 7) is 0.240. The van der Waals surface area contributed by atoms with Crippen molar-refractivity contribution in [2.75, 3.05) is 12.8 Å². The lowest BCUT2D eigenvalue weighted by Gasteiger charge is -2.11. The maximum Gasteiger partial charge on any atom is 0.274 e. The molecule has 3 aromatic rings. The lowest BCUT2D eigenvalue weighted by atomic mass is 10.2. The van der Waals surface area contributed by atoms with Gasteiger partial charge in [0.1, 0.15) is 5.75 Å². The molecule has 3 N–H and O–H groups in total. The van der Waals surface area contributed by atoms with Crippen molar-refractivity contribution in [3.05, 3.63) is 53.1 Å². The fourth-order valence-corrected chi connectivity index (χ4v) is 2.35. The van der Waals surface area contributed by atoms with Crippen LogP contribution >= 0.6 is 11.6 Å². The number of benzene rings is 1. The Morgan fingerprint density at radius 2 is 2.00 bits per heavy atom. The van der Waals surface area contributed by atoms with E-state index in [1.807, 2.05) is 18.2 Å². The molecule has 3 rings (SSSR count). The monoisotopic (exact) mass is 359 g/mol. The standard InChI is InChI=1S/C15H14ClN7O2/c1-25-10-5-3-2-4-9(10)8-18-15(24)11-13(17)22-14(12(16)21-11)23-19-6-7-20-23/h2-7H,8H2,1H3,(H2,17,22)(H,18,24). The third-order valence-corrected chi connectivity index (χ3v) is 3.57. The Morgan fingerprint density at radius 1 is 1.28 bits per heavy atom. The largest absolute Gasteiger partial charge is 0.496 e. The molecule has 0 spiro atoms. The minimum Gasteiger partial charge on any atom is -0.496 e. The first-order chi connectivity index (χ1) is 12.1. The van der Waals surface area contributed by atoms with Crippen molar-refractivity contribution in [2.45, 2.75) is 6.54 Å². The van der Waals surface area contributed by atoms with Gasteiger partial charge in [0, 0.05) is 12.1 Å². The summed E-state index contributed by atoms with van der Waals surface area (Å²) in [5.41, 5.74) is 6.58. The summed E-state index contributed by atoms with van der Waals surface area (Å²) >= 11 is 6.07. The van der Waals surface area contributed by atoms with Crippen molar-refractivity contribution < 1.29 is 9.53 Å². The Balaban J connectivity index is 1.79. The van der Waals surface area contributed by atoms with E-state index in [4.69, 9.17) is 22.1 Å². The Labute approximate surface area is 147 Å². The van der Waals surface area contributed by atoms with Crippen LogP contribution in [0.5, 0.6) is 5.75 Å². The second-order valence-corrected chi connectivity index (χ2v) is 5.24. The molecule has 0 aliphatic carbocycles. The van der Waals surface area contributed by atoms with Gasteiger partial charge in [-0.25, -0.2) is 9.97 Å². The van der Waals surface area contributed by atoms with Gasteiger partial charge in [-0.3, -0.25) is 4.79 Å². The van der Waals surface area contributed by atoms with Crippen LogP contribution in [0.2, 0.25) is 5.15 Å². The predicted molar refractivity (Wildman–Crippen MR) is 90.5 cm³/mol. The third kappa shape index (κ3) is 3.50. The number of hydrogen-bond acceptors (Lipinski definition) is 7. The fourth-order valence-electron chi connectivity index (χ4n) is 2.15. The average Bonchev–Trinajstić information content (AvgIpc) is 3.16. The highest BCUT2D eigenvalue weighted by molar-refractivity contribution is 6.31. The van der Waals surface area contributed by atoms with Gasteiger partial charge in [0.15, 0.2) is 16.7 Å². The molecule has 0 aliphatic heterocycles. The fraction of sp³-hybridized carbons (Fsp3) is 0.133. The van der Waals surface area contributed by atoms with Gasteiger partial charge < -0.3 is 15.8 Å². The molecule has 1 amide bonds. The summed E-state index contributed by atoms with van der Waals surface area (Å²) in [4.78, 5) is 21.6. The molecule has 2 heterocycles. The number of hydrogen-bond donors (Lipinski definition) is 2. The van der Waals surface area contributed by atoms with E-state index >= 15 is 0 Å². The quantitative estimate of drug-likeness (QED) is 0.702. The number of ether oxygens (including phenoxy) is 1. The molecule has 9 nitrogen and oxygen atoms in total. The minimum absolute atomic E-state index is 0.0344. The number of nitrogen functional groups attached to an aromatic ring is 1. The van der Waals surface area contributed by atoms with Crippen molar-refractivity contribution >= 4 is 23.3 Å². The van der Waals surface area contributed by atoms with Crippen molar-refractivity contribution in [3.8, 4) is 11.6 Å². The number of halogens is 1. The summed E-state index contributed by atoms with van der Waals surface area (Å²) in [7, 11) is 1.56. The smallest absolute Gasteiger partial charge is 0.274 e. The van der Waals surface area contributed by atoms with Gasteiger partial charge in [-0.05, 0) is 6.07 Å². The van der Waals surface area contributed by atoms with Gasteiger partial charge in [-0.2, -0.15) is 10.2 Å². The number of aromatic nitrogens is 5. The minimum atomic E-state index is -0.502. The van der Waals surface area contributed by atoms with Crippen molar-refractivity contribution in [1.82, 2.24) is 30.3 Å². The van der Waals surface area contributed by atoms with E-state index < -0.39 is 5.91 Å². The molecular formula is C15H14ClN7O2. The molecule has 1 aromatic carbocycles. The summed E-state index contributed by atoms with van der Waals surface area (Å²) in [5.74, 6) is 0.234. The van der Waals surface area contributed by atoms with Gasteiger partial charge in [-0.1, -0.05) is 29.8 Å². The van der Waals surface area contributed by atoms with E-state index in [0.29, 0.717) is 5.75 Å². The van der Waals surface area contributed by atoms with Gasteiger partial charge >= 0.3 is 0 Å². The Hall–Kier alpha value is -3.20. The molecule has 128 valence electrons. The zero-order valence-electron chi connectivity index (χ0n) is 13.2. The maximum absolute atomic E-state index is 12.4. The molecule has 0 aliphatic rings. The Bertz CT molecular complexity index is 899. The normalized spacial score (nSPS) is 10.5. The second kappa shape index (κ2) is 7.14. The van der Waals surface area contributed by atoms with Gasteiger partial charge in [0.2, 0.25) is 5.82 Å². The van der Waals surface area contributed by atoms with Crippen LogP contribution in [0.25, 0.3) is 5.82 Å². The van der Waals surface area contributed by atoms with E-state index in [-0.39, 0.29) is 29.0 Å². The van der Waals surface area contributed by atoms with Crippen molar-refractivity contribution in [3.63, 3.8) is 0 Å². The van der Waals surface area contributed by atoms with E-state index in [0.717, 1.165) is 5.56 Å². The SMILES string of the molecule is COc1ccccc1CNC(=O)c1nc(Cl)c(-n2nccn2)nc1N. The van der Waals surface area contributed by atoms with Crippen LogP contribution in [0, 0.1) is 0 Å². The first-order valence-corrected chi connectivity index (χ1v) is 7.57. The van der Waals surface area contributed by atoms with Crippen LogP contribution in [0.3, 0.4) is 0 Å². The first kappa shape index (κ1) is 16.7. The molecule has 0 saturated carbocycles. The third-order valence-electron chi connectivity index (χ3n) is 3.32. The zero-order valence-corrected chi connectivity index (χ0v) is 13.9. The molecular weight excluding hydrogens is 346 g/mol. The average molecular weight is 360 g/mol. The van der Waals surface area contributed by atoms with E-state index in [1.54, 1.807) is 13.2 Å². The summed E-state index contributed by atoms with van der Waals surface area (Å²) in [6, 6.07) is 7.34. The number of nitrogens with one attached hydrogen (secondary N) is 1. The molecule has 0 radical (unpaired) electrons. The van der Waals surface area contributed by atoms with Gasteiger partial charge in [0.05, 0.1) is 19.5 Å². The number of rotatable bonds is 5. The number of carbonyl (C=O) groups is 1. The van der Waals surface area contributed by atoms with E-state index in [2.05, 4.69) is 25.5 Å². The molecule has 25 heavy (non-hydrogen) atoms. The highest BCUT2D eigenvalue weighted by Gasteiger charge is 2.18.